The highest BCUT2D eigenvalue weighted by atomic mass is 16.6. The molecule has 2 atom stereocenters. The second-order valence-corrected chi connectivity index (χ2v) is 6.17. The molecule has 1 heterocycles. The van der Waals surface area contributed by atoms with Crippen molar-refractivity contribution < 1.29 is 9.84 Å². The normalized spacial score (nSPS) is 19.6. The highest BCUT2D eigenvalue weighted by Gasteiger charge is 2.25. The molecule has 0 amide bonds. The van der Waals surface area contributed by atoms with Crippen molar-refractivity contribution >= 4 is 0 Å². The van der Waals surface area contributed by atoms with Gasteiger partial charge in [0, 0.05) is 6.42 Å². The monoisotopic (exact) mass is 270 g/mol. The number of rotatable bonds is 14. The van der Waals surface area contributed by atoms with E-state index in [-0.39, 0.29) is 6.10 Å². The lowest BCUT2D eigenvalue weighted by Crippen LogP contribution is -2.09. The predicted octanol–water partition coefficient (Wildman–Crippen LogP) is 4.84. The first kappa shape index (κ1) is 17.0. The van der Waals surface area contributed by atoms with Crippen LogP contribution >= 0.6 is 0 Å². The predicted molar refractivity (Wildman–Crippen MR) is 81.4 cm³/mol. The van der Waals surface area contributed by atoms with E-state index in [0.29, 0.717) is 6.10 Å². The fourth-order valence-electron chi connectivity index (χ4n) is 2.67. The molecule has 1 aliphatic heterocycles. The molecular formula is C17H34O2. The molecule has 0 aromatic rings. The molecule has 0 spiro atoms. The van der Waals surface area contributed by atoms with Crippen molar-refractivity contribution in [1.29, 1.82) is 0 Å². The van der Waals surface area contributed by atoms with Crippen LogP contribution in [0.15, 0.2) is 0 Å². The van der Waals surface area contributed by atoms with Crippen molar-refractivity contribution in [2.45, 2.75) is 103 Å². The van der Waals surface area contributed by atoms with Crippen LogP contribution in [-0.4, -0.2) is 23.9 Å². The van der Waals surface area contributed by atoms with Crippen LogP contribution in [0.25, 0.3) is 0 Å². The van der Waals surface area contributed by atoms with Crippen LogP contribution in [0, 0.1) is 0 Å². The number of unbranched alkanes of at least 4 members (excludes halogenated alkanes) is 10. The van der Waals surface area contributed by atoms with E-state index in [1.54, 1.807) is 0 Å². The van der Waals surface area contributed by atoms with E-state index >= 15 is 0 Å². The second-order valence-electron chi connectivity index (χ2n) is 6.17. The summed E-state index contributed by atoms with van der Waals surface area (Å²) in [5.41, 5.74) is 0. The molecule has 0 aliphatic carbocycles. The summed E-state index contributed by atoms with van der Waals surface area (Å²) in [6.45, 7) is 3.14. The van der Waals surface area contributed by atoms with Crippen LogP contribution < -0.4 is 0 Å². The molecule has 0 aromatic carbocycles. The first-order chi connectivity index (χ1) is 9.33. The molecule has 1 rings (SSSR count). The molecular weight excluding hydrogens is 236 g/mol. The van der Waals surface area contributed by atoms with Gasteiger partial charge >= 0.3 is 0 Å². The number of aliphatic hydroxyl groups is 1. The Hall–Kier alpha value is -0.0800. The highest BCUT2D eigenvalue weighted by molar-refractivity contribution is 4.73. The lowest BCUT2D eigenvalue weighted by molar-refractivity contribution is 0.139. The van der Waals surface area contributed by atoms with E-state index in [9.17, 15) is 5.11 Å². The first-order valence-corrected chi connectivity index (χ1v) is 8.62. The summed E-state index contributed by atoms with van der Waals surface area (Å²) < 4.78 is 5.13. The van der Waals surface area contributed by atoms with Gasteiger partial charge in [0.05, 0.1) is 18.8 Å². The van der Waals surface area contributed by atoms with Gasteiger partial charge in [-0.15, -0.1) is 0 Å². The number of epoxide rings is 1. The smallest absolute Gasteiger partial charge is 0.0834 e. The SMILES string of the molecule is CCCCCCCCCCCCCC(O)CC1CO1. The zero-order valence-electron chi connectivity index (χ0n) is 12.9. The molecule has 19 heavy (non-hydrogen) atoms. The Morgan fingerprint density at radius 3 is 1.84 bits per heavy atom. The highest BCUT2D eigenvalue weighted by Crippen LogP contribution is 2.19. The summed E-state index contributed by atoms with van der Waals surface area (Å²) in [4.78, 5) is 0. The van der Waals surface area contributed by atoms with Gasteiger partial charge in [0.15, 0.2) is 0 Å². The minimum absolute atomic E-state index is 0.119. The first-order valence-electron chi connectivity index (χ1n) is 8.62. The Balaban J connectivity index is 1.68. The maximum absolute atomic E-state index is 9.72. The fraction of sp³-hybridized carbons (Fsp3) is 1.00. The Labute approximate surface area is 119 Å². The summed E-state index contributed by atoms with van der Waals surface area (Å²) >= 11 is 0. The largest absolute Gasteiger partial charge is 0.393 e. The average molecular weight is 270 g/mol. The third kappa shape index (κ3) is 11.4. The third-order valence-corrected chi connectivity index (χ3v) is 4.08. The molecule has 1 fully saturated rings. The van der Waals surface area contributed by atoms with Crippen molar-refractivity contribution in [3.05, 3.63) is 0 Å². The minimum Gasteiger partial charge on any atom is -0.393 e. The van der Waals surface area contributed by atoms with Crippen LogP contribution in [0.4, 0.5) is 0 Å². The number of aliphatic hydroxyl groups excluding tert-OH is 1. The standard InChI is InChI=1S/C17H34O2/c1-2-3-4-5-6-7-8-9-10-11-12-13-16(18)14-17-15-19-17/h16-18H,2-15H2,1H3. The zero-order valence-corrected chi connectivity index (χ0v) is 12.9. The van der Waals surface area contributed by atoms with E-state index in [1.807, 2.05) is 0 Å². The molecule has 2 unspecified atom stereocenters. The van der Waals surface area contributed by atoms with Gasteiger partial charge in [-0.2, -0.15) is 0 Å². The third-order valence-electron chi connectivity index (χ3n) is 4.08. The van der Waals surface area contributed by atoms with Crippen LogP contribution in [0.2, 0.25) is 0 Å². The van der Waals surface area contributed by atoms with Crippen molar-refractivity contribution in [3.63, 3.8) is 0 Å². The summed E-state index contributed by atoms with van der Waals surface area (Å²) in [6, 6.07) is 0. The van der Waals surface area contributed by atoms with Crippen molar-refractivity contribution in [2.24, 2.45) is 0 Å². The minimum atomic E-state index is -0.119. The summed E-state index contributed by atoms with van der Waals surface area (Å²) in [5.74, 6) is 0. The molecule has 2 nitrogen and oxygen atoms in total. The summed E-state index contributed by atoms with van der Waals surface area (Å²) in [6.07, 6.45) is 17.2. The van der Waals surface area contributed by atoms with Crippen molar-refractivity contribution in [1.82, 2.24) is 0 Å². The van der Waals surface area contributed by atoms with E-state index < -0.39 is 0 Å². The van der Waals surface area contributed by atoms with Crippen LogP contribution in [-0.2, 0) is 4.74 Å². The molecule has 1 aliphatic rings. The van der Waals surface area contributed by atoms with Gasteiger partial charge in [0.1, 0.15) is 0 Å². The molecule has 0 bridgehead atoms. The van der Waals surface area contributed by atoms with Crippen molar-refractivity contribution in [3.8, 4) is 0 Å². The fourth-order valence-corrected chi connectivity index (χ4v) is 2.67. The molecule has 1 saturated heterocycles. The van der Waals surface area contributed by atoms with E-state index in [4.69, 9.17) is 4.74 Å². The number of hydrogen-bond donors (Lipinski definition) is 1. The number of hydrogen-bond acceptors (Lipinski definition) is 2. The van der Waals surface area contributed by atoms with Gasteiger partial charge in [-0.05, 0) is 6.42 Å². The quantitative estimate of drug-likeness (QED) is 0.362. The molecule has 0 aromatic heterocycles. The molecule has 114 valence electrons. The van der Waals surface area contributed by atoms with Crippen LogP contribution in [0.1, 0.15) is 90.4 Å². The molecule has 0 radical (unpaired) electrons. The maximum Gasteiger partial charge on any atom is 0.0834 e. The second kappa shape index (κ2) is 11.7. The average Bonchev–Trinajstić information content (AvgIpc) is 3.20. The van der Waals surface area contributed by atoms with Gasteiger partial charge in [0.25, 0.3) is 0 Å². The maximum atomic E-state index is 9.72. The van der Waals surface area contributed by atoms with Gasteiger partial charge in [-0.25, -0.2) is 0 Å². The number of ether oxygens (including phenoxy) is 1. The van der Waals surface area contributed by atoms with Crippen LogP contribution in [0.5, 0.6) is 0 Å². The van der Waals surface area contributed by atoms with E-state index in [0.717, 1.165) is 19.4 Å². The Bertz CT molecular complexity index is 190. The van der Waals surface area contributed by atoms with Gasteiger partial charge < -0.3 is 9.84 Å². The van der Waals surface area contributed by atoms with Gasteiger partial charge in [-0.3, -0.25) is 0 Å². The molecule has 2 heteroatoms. The van der Waals surface area contributed by atoms with Gasteiger partial charge in [0.2, 0.25) is 0 Å². The van der Waals surface area contributed by atoms with E-state index in [1.165, 1.54) is 70.6 Å². The van der Waals surface area contributed by atoms with Gasteiger partial charge in [-0.1, -0.05) is 77.6 Å². The topological polar surface area (TPSA) is 32.8 Å². The van der Waals surface area contributed by atoms with Crippen molar-refractivity contribution in [2.75, 3.05) is 6.61 Å². The van der Waals surface area contributed by atoms with Crippen LogP contribution in [0.3, 0.4) is 0 Å². The Morgan fingerprint density at radius 1 is 0.895 bits per heavy atom. The Kier molecular flexibility index (Phi) is 10.5. The molecule has 0 saturated carbocycles. The zero-order chi connectivity index (χ0) is 13.8. The lowest BCUT2D eigenvalue weighted by atomic mass is 10.0. The lowest BCUT2D eigenvalue weighted by Gasteiger charge is -2.08. The van der Waals surface area contributed by atoms with E-state index in [2.05, 4.69) is 6.92 Å². The summed E-state index contributed by atoms with van der Waals surface area (Å²) in [5, 5.41) is 9.72. The Morgan fingerprint density at radius 2 is 1.37 bits per heavy atom. The summed E-state index contributed by atoms with van der Waals surface area (Å²) in [7, 11) is 0. The molecule has 1 N–H and O–H groups in total.